The Kier molecular flexibility index (Phi) is 4.00. The lowest BCUT2D eigenvalue weighted by molar-refractivity contribution is -0.151. The predicted molar refractivity (Wildman–Crippen MR) is 108 cm³/mol. The summed E-state index contributed by atoms with van der Waals surface area (Å²) in [5.41, 5.74) is 2.44. The number of carboxylic acid groups (broad SMARTS) is 1. The maximum atomic E-state index is 14.8. The van der Waals surface area contributed by atoms with Gasteiger partial charge in [-0.2, -0.15) is 0 Å². The molecule has 4 aliphatic carbocycles. The van der Waals surface area contributed by atoms with Crippen LogP contribution < -0.4 is 0 Å². The molecule has 6 nitrogen and oxygen atoms in total. The number of aromatic nitrogens is 4. The van der Waals surface area contributed by atoms with Crippen molar-refractivity contribution in [3.8, 4) is 0 Å². The van der Waals surface area contributed by atoms with Gasteiger partial charge in [0.05, 0.1) is 29.2 Å². The maximum absolute atomic E-state index is 14.8. The first-order valence-electron chi connectivity index (χ1n) is 10.6. The van der Waals surface area contributed by atoms with Crippen LogP contribution in [0.15, 0.2) is 30.7 Å². The fraction of sp³-hybridized carbons (Fsp3) is 0.391. The van der Waals surface area contributed by atoms with Crippen LogP contribution in [0.5, 0.6) is 0 Å². The minimum atomic E-state index is -0.829. The van der Waals surface area contributed by atoms with E-state index in [4.69, 9.17) is 0 Å². The fourth-order valence-corrected chi connectivity index (χ4v) is 5.90. The van der Waals surface area contributed by atoms with E-state index in [0.717, 1.165) is 31.4 Å². The number of nitrogens with zero attached hydrogens (tertiary/aromatic N) is 4. The third-order valence-corrected chi connectivity index (χ3v) is 7.27. The normalized spacial score (nSPS) is 26.8. The van der Waals surface area contributed by atoms with Crippen LogP contribution in [0.4, 0.5) is 8.78 Å². The second-order valence-corrected chi connectivity index (χ2v) is 8.81. The lowest BCUT2D eigenvalue weighted by Gasteiger charge is -2.47. The quantitative estimate of drug-likeness (QED) is 0.686. The van der Waals surface area contributed by atoms with Gasteiger partial charge >= 0.3 is 5.97 Å². The Morgan fingerprint density at radius 2 is 1.87 bits per heavy atom. The van der Waals surface area contributed by atoms with E-state index in [-0.39, 0.29) is 23.3 Å². The predicted octanol–water partition coefficient (Wildman–Crippen LogP) is 4.15. The van der Waals surface area contributed by atoms with Crippen molar-refractivity contribution in [3.05, 3.63) is 59.4 Å². The molecule has 3 aromatic heterocycles. The molecular formula is C23H20F2N4O2. The van der Waals surface area contributed by atoms with Gasteiger partial charge in [0.25, 0.3) is 0 Å². The summed E-state index contributed by atoms with van der Waals surface area (Å²) in [4.78, 5) is 25.3. The summed E-state index contributed by atoms with van der Waals surface area (Å²) in [7, 11) is 0. The minimum Gasteiger partial charge on any atom is -0.481 e. The highest BCUT2D eigenvalue weighted by Crippen LogP contribution is 2.52. The third-order valence-electron chi connectivity index (χ3n) is 7.27. The molecule has 3 saturated carbocycles. The highest BCUT2D eigenvalue weighted by atomic mass is 19.1. The van der Waals surface area contributed by atoms with Crippen molar-refractivity contribution in [2.24, 2.45) is 17.8 Å². The highest BCUT2D eigenvalue weighted by Gasteiger charge is 2.48. The molecule has 3 aromatic rings. The first-order valence-corrected chi connectivity index (χ1v) is 10.6. The molecule has 0 spiro atoms. The molecule has 0 radical (unpaired) electrons. The van der Waals surface area contributed by atoms with Crippen LogP contribution in [0.1, 0.15) is 48.8 Å². The summed E-state index contributed by atoms with van der Waals surface area (Å²) in [6.45, 7) is 0. The Bertz CT molecular complexity index is 1260. The summed E-state index contributed by atoms with van der Waals surface area (Å²) in [6.07, 6.45) is 10.1. The number of carboxylic acids is 1. The third kappa shape index (κ3) is 2.73. The van der Waals surface area contributed by atoms with Crippen LogP contribution in [-0.4, -0.2) is 30.6 Å². The van der Waals surface area contributed by atoms with Gasteiger partial charge in [0.1, 0.15) is 11.5 Å². The van der Waals surface area contributed by atoms with E-state index in [0.29, 0.717) is 29.0 Å². The van der Waals surface area contributed by atoms with Crippen molar-refractivity contribution in [2.45, 2.75) is 38.1 Å². The molecule has 7 rings (SSSR count). The van der Waals surface area contributed by atoms with Gasteiger partial charge < -0.3 is 9.67 Å². The van der Waals surface area contributed by atoms with Gasteiger partial charge in [-0.3, -0.25) is 9.78 Å². The topological polar surface area (TPSA) is 80.9 Å². The van der Waals surface area contributed by atoms with Gasteiger partial charge in [-0.25, -0.2) is 18.7 Å². The molecule has 0 unspecified atom stereocenters. The number of allylic oxidation sites excluding steroid dienone is 1. The molecule has 4 aliphatic rings. The molecule has 0 aliphatic heterocycles. The molecule has 0 amide bonds. The molecule has 2 atom stereocenters. The van der Waals surface area contributed by atoms with Gasteiger partial charge in [-0.1, -0.05) is 6.08 Å². The maximum Gasteiger partial charge on any atom is 0.308 e. The summed E-state index contributed by atoms with van der Waals surface area (Å²) in [5.74, 6) is -1.62. The van der Waals surface area contributed by atoms with Crippen molar-refractivity contribution >= 4 is 22.6 Å². The molecule has 8 heteroatoms. The molecular weight excluding hydrogens is 402 g/mol. The van der Waals surface area contributed by atoms with E-state index in [1.807, 2.05) is 6.08 Å². The summed E-state index contributed by atoms with van der Waals surface area (Å²) >= 11 is 0. The van der Waals surface area contributed by atoms with Crippen LogP contribution in [0.25, 0.3) is 16.6 Å². The second-order valence-electron chi connectivity index (χ2n) is 8.81. The van der Waals surface area contributed by atoms with E-state index in [1.165, 1.54) is 24.7 Å². The zero-order valence-corrected chi connectivity index (χ0v) is 16.6. The van der Waals surface area contributed by atoms with Crippen molar-refractivity contribution in [1.29, 1.82) is 0 Å². The number of halogens is 2. The SMILES string of the molecule is O=C(O)[C@H]1C2CCC(CC2)[C@@H]1n1cc(F)c2cnc(C3=CCc4ncc(F)cc43)nc21. The number of hydrogen-bond acceptors (Lipinski definition) is 4. The number of hydrogen-bond donors (Lipinski definition) is 1. The standard InChI is InChI=1S/C23H20F2N4O2/c24-13-7-15-14(5-6-18(15)26-8-13)21-27-9-16-17(25)10-29(22(16)28-21)20-12-3-1-11(2-4-12)19(20)23(30)31/h5,7-12,19-20H,1-4,6H2,(H,30,31)/t11?,12?,19-,20-/m0/s1. The largest absolute Gasteiger partial charge is 0.481 e. The Balaban J connectivity index is 1.49. The smallest absolute Gasteiger partial charge is 0.308 e. The number of rotatable bonds is 3. The molecule has 1 N–H and O–H groups in total. The van der Waals surface area contributed by atoms with Gasteiger partial charge in [0.15, 0.2) is 11.6 Å². The van der Waals surface area contributed by atoms with Gasteiger partial charge in [-0.15, -0.1) is 0 Å². The van der Waals surface area contributed by atoms with Gasteiger partial charge in [0, 0.05) is 30.0 Å². The first kappa shape index (κ1) is 18.6. The molecule has 3 fully saturated rings. The van der Waals surface area contributed by atoms with Crippen molar-refractivity contribution < 1.29 is 18.7 Å². The second kappa shape index (κ2) is 6.67. The zero-order chi connectivity index (χ0) is 21.3. The lowest BCUT2D eigenvalue weighted by Crippen LogP contribution is -2.44. The Morgan fingerprint density at radius 3 is 2.65 bits per heavy atom. The highest BCUT2D eigenvalue weighted by molar-refractivity contribution is 5.84. The van der Waals surface area contributed by atoms with E-state index in [9.17, 15) is 18.7 Å². The molecule has 3 heterocycles. The average molecular weight is 422 g/mol. The average Bonchev–Trinajstić information content (AvgIpc) is 3.34. The summed E-state index contributed by atoms with van der Waals surface area (Å²) in [6, 6.07) is 1.08. The van der Waals surface area contributed by atoms with Crippen LogP contribution in [-0.2, 0) is 11.2 Å². The number of aliphatic carboxylic acids is 1. The van der Waals surface area contributed by atoms with E-state index < -0.39 is 23.5 Å². The van der Waals surface area contributed by atoms with Gasteiger partial charge in [-0.05, 0) is 43.6 Å². The van der Waals surface area contributed by atoms with Crippen molar-refractivity contribution in [2.75, 3.05) is 0 Å². The summed E-state index contributed by atoms with van der Waals surface area (Å²) < 4.78 is 30.3. The van der Waals surface area contributed by atoms with Crippen molar-refractivity contribution in [3.63, 3.8) is 0 Å². The van der Waals surface area contributed by atoms with Crippen LogP contribution in [0, 0.1) is 29.4 Å². The Labute approximate surface area is 176 Å². The molecule has 158 valence electrons. The molecule has 2 bridgehead atoms. The van der Waals surface area contributed by atoms with Crippen LogP contribution in [0.3, 0.4) is 0 Å². The van der Waals surface area contributed by atoms with E-state index >= 15 is 0 Å². The summed E-state index contributed by atoms with van der Waals surface area (Å²) in [5, 5.41) is 10.2. The number of pyridine rings is 1. The Hall–Kier alpha value is -3.16. The lowest BCUT2D eigenvalue weighted by atomic mass is 9.61. The number of fused-ring (bicyclic) bond motifs is 5. The fourth-order valence-electron chi connectivity index (χ4n) is 5.90. The van der Waals surface area contributed by atoms with Crippen LogP contribution >= 0.6 is 0 Å². The first-order chi connectivity index (χ1) is 15.0. The zero-order valence-electron chi connectivity index (χ0n) is 16.6. The van der Waals surface area contributed by atoms with E-state index in [2.05, 4.69) is 15.0 Å². The monoisotopic (exact) mass is 422 g/mol. The minimum absolute atomic E-state index is 0.104. The van der Waals surface area contributed by atoms with Crippen molar-refractivity contribution in [1.82, 2.24) is 19.5 Å². The van der Waals surface area contributed by atoms with E-state index in [1.54, 1.807) is 4.57 Å². The number of carbonyl (C=O) groups is 1. The van der Waals surface area contributed by atoms with Crippen LogP contribution in [0.2, 0.25) is 0 Å². The molecule has 0 saturated heterocycles. The molecule has 0 aromatic carbocycles. The molecule has 31 heavy (non-hydrogen) atoms. The Morgan fingerprint density at radius 1 is 1.10 bits per heavy atom. The van der Waals surface area contributed by atoms with Gasteiger partial charge in [0.2, 0.25) is 0 Å².